The zero-order valence-electron chi connectivity index (χ0n) is 11.4. The van der Waals surface area contributed by atoms with Crippen LogP contribution in [0.1, 0.15) is 51.2 Å². The van der Waals surface area contributed by atoms with Crippen LogP contribution < -0.4 is 0 Å². The fraction of sp³-hybridized carbons (Fsp3) is 0.562. The molecule has 96 valence electrons. The maximum Gasteiger partial charge on any atom is 0.0915 e. The molecule has 2 aliphatic carbocycles. The molecular formula is C16H21NO. The summed E-state index contributed by atoms with van der Waals surface area (Å²) in [6.07, 6.45) is 3.66. The number of hydrogen-bond acceptors (Lipinski definition) is 2. The lowest BCUT2D eigenvalue weighted by molar-refractivity contribution is 0.112. The van der Waals surface area contributed by atoms with Crippen LogP contribution in [0.3, 0.4) is 0 Å². The molecule has 1 N–H and O–H groups in total. The summed E-state index contributed by atoms with van der Waals surface area (Å²) in [6.45, 7) is 6.97. The number of oxime groups is 1. The van der Waals surface area contributed by atoms with Crippen LogP contribution in [0.25, 0.3) is 0 Å². The van der Waals surface area contributed by atoms with Gasteiger partial charge in [0.1, 0.15) is 0 Å². The largest absolute Gasteiger partial charge is 0.411 e. The molecule has 0 aromatic heterocycles. The minimum absolute atomic E-state index is 0.139. The van der Waals surface area contributed by atoms with Crippen molar-refractivity contribution in [2.75, 3.05) is 0 Å². The van der Waals surface area contributed by atoms with Gasteiger partial charge >= 0.3 is 0 Å². The topological polar surface area (TPSA) is 32.6 Å². The summed E-state index contributed by atoms with van der Waals surface area (Å²) in [5.41, 5.74) is 3.77. The number of benzene rings is 1. The van der Waals surface area contributed by atoms with Crippen LogP contribution in [0.4, 0.5) is 0 Å². The van der Waals surface area contributed by atoms with E-state index in [1.807, 2.05) is 6.07 Å². The van der Waals surface area contributed by atoms with Crippen LogP contribution in [-0.4, -0.2) is 10.9 Å². The van der Waals surface area contributed by atoms with Gasteiger partial charge in [-0.25, -0.2) is 0 Å². The average Bonchev–Trinajstić information content (AvgIpc) is 2.60. The monoisotopic (exact) mass is 243 g/mol. The minimum Gasteiger partial charge on any atom is -0.411 e. The van der Waals surface area contributed by atoms with Gasteiger partial charge < -0.3 is 5.21 Å². The molecule has 2 aliphatic rings. The highest BCUT2D eigenvalue weighted by Gasteiger charge is 2.55. The van der Waals surface area contributed by atoms with Crippen molar-refractivity contribution in [2.45, 2.75) is 45.4 Å². The van der Waals surface area contributed by atoms with Gasteiger partial charge in [0.15, 0.2) is 0 Å². The van der Waals surface area contributed by atoms with Crippen LogP contribution in [-0.2, 0) is 5.41 Å². The van der Waals surface area contributed by atoms with Gasteiger partial charge in [-0.05, 0) is 23.8 Å². The van der Waals surface area contributed by atoms with E-state index in [-0.39, 0.29) is 10.8 Å². The highest BCUT2D eigenvalue weighted by atomic mass is 16.4. The van der Waals surface area contributed by atoms with E-state index in [1.54, 1.807) is 0 Å². The molecular weight excluding hydrogens is 222 g/mol. The van der Waals surface area contributed by atoms with Gasteiger partial charge in [0.2, 0.25) is 0 Å². The van der Waals surface area contributed by atoms with Crippen molar-refractivity contribution < 1.29 is 5.21 Å². The third-order valence-corrected chi connectivity index (χ3v) is 5.14. The Morgan fingerprint density at radius 1 is 1.17 bits per heavy atom. The second kappa shape index (κ2) is 3.59. The van der Waals surface area contributed by atoms with Gasteiger partial charge in [0, 0.05) is 16.9 Å². The Labute approximate surface area is 109 Å². The Hall–Kier alpha value is -1.31. The molecule has 0 spiro atoms. The summed E-state index contributed by atoms with van der Waals surface area (Å²) in [5, 5.41) is 13.2. The maximum absolute atomic E-state index is 9.49. The van der Waals surface area contributed by atoms with Gasteiger partial charge in [-0.2, -0.15) is 0 Å². The van der Waals surface area contributed by atoms with Crippen LogP contribution in [0, 0.1) is 11.3 Å². The van der Waals surface area contributed by atoms with E-state index in [0.717, 1.165) is 11.3 Å². The van der Waals surface area contributed by atoms with E-state index in [9.17, 15) is 5.21 Å². The summed E-state index contributed by atoms with van der Waals surface area (Å²) in [6, 6.07) is 8.45. The second-order valence-electron chi connectivity index (χ2n) is 6.72. The molecule has 0 radical (unpaired) electrons. The molecule has 2 atom stereocenters. The standard InChI is InChI=1S/C16H21NO/c1-15(2)9-6-10-16(3)12-8-5-4-7-11(12)13(17-18)14(15)16/h4-5,7-8,14,18H,6,9-10H2,1-3H3. The summed E-state index contributed by atoms with van der Waals surface area (Å²) in [7, 11) is 0. The number of nitrogens with zero attached hydrogens (tertiary/aromatic N) is 1. The molecule has 0 amide bonds. The normalized spacial score (nSPS) is 35.3. The Morgan fingerprint density at radius 3 is 2.61 bits per heavy atom. The highest BCUT2D eigenvalue weighted by molar-refractivity contribution is 6.08. The fourth-order valence-corrected chi connectivity index (χ4v) is 4.50. The first-order chi connectivity index (χ1) is 8.50. The number of fused-ring (bicyclic) bond motifs is 3. The molecule has 2 nitrogen and oxygen atoms in total. The second-order valence-corrected chi connectivity index (χ2v) is 6.72. The number of rotatable bonds is 0. The summed E-state index contributed by atoms with van der Waals surface area (Å²) in [4.78, 5) is 0. The fourth-order valence-electron chi connectivity index (χ4n) is 4.50. The highest BCUT2D eigenvalue weighted by Crippen LogP contribution is 2.58. The van der Waals surface area contributed by atoms with Crippen molar-refractivity contribution >= 4 is 5.71 Å². The third-order valence-electron chi connectivity index (χ3n) is 5.14. The van der Waals surface area contributed by atoms with Crippen molar-refractivity contribution in [3.05, 3.63) is 35.4 Å². The molecule has 1 saturated carbocycles. The lowest BCUT2D eigenvalue weighted by Gasteiger charge is -2.47. The maximum atomic E-state index is 9.49. The lowest BCUT2D eigenvalue weighted by Crippen LogP contribution is -2.44. The van der Waals surface area contributed by atoms with E-state index < -0.39 is 0 Å². The van der Waals surface area contributed by atoms with Crippen LogP contribution >= 0.6 is 0 Å². The van der Waals surface area contributed by atoms with Crippen molar-refractivity contribution in [1.29, 1.82) is 0 Å². The van der Waals surface area contributed by atoms with Crippen molar-refractivity contribution in [3.63, 3.8) is 0 Å². The van der Waals surface area contributed by atoms with Gasteiger partial charge in [0.25, 0.3) is 0 Å². The van der Waals surface area contributed by atoms with Gasteiger partial charge in [-0.15, -0.1) is 0 Å². The van der Waals surface area contributed by atoms with E-state index in [1.165, 1.54) is 24.8 Å². The molecule has 2 unspecified atom stereocenters. The van der Waals surface area contributed by atoms with E-state index in [4.69, 9.17) is 0 Å². The quantitative estimate of drug-likeness (QED) is 0.543. The number of hydrogen-bond donors (Lipinski definition) is 1. The smallest absolute Gasteiger partial charge is 0.0915 e. The molecule has 1 aromatic rings. The molecule has 0 heterocycles. The third kappa shape index (κ3) is 1.32. The predicted octanol–water partition coefficient (Wildman–Crippen LogP) is 3.96. The first kappa shape index (κ1) is 11.8. The van der Waals surface area contributed by atoms with Crippen LogP contribution in [0.2, 0.25) is 0 Å². The average molecular weight is 243 g/mol. The Morgan fingerprint density at radius 2 is 1.89 bits per heavy atom. The van der Waals surface area contributed by atoms with E-state index >= 15 is 0 Å². The molecule has 0 saturated heterocycles. The zero-order valence-corrected chi connectivity index (χ0v) is 11.4. The van der Waals surface area contributed by atoms with E-state index in [2.05, 4.69) is 44.1 Å². The molecule has 0 aliphatic heterocycles. The van der Waals surface area contributed by atoms with Crippen LogP contribution in [0.5, 0.6) is 0 Å². The van der Waals surface area contributed by atoms with Crippen molar-refractivity contribution in [1.82, 2.24) is 0 Å². The zero-order chi connectivity index (χ0) is 13.0. The minimum atomic E-state index is 0.139. The first-order valence-electron chi connectivity index (χ1n) is 6.82. The molecule has 1 fully saturated rings. The lowest BCUT2D eigenvalue weighted by atomic mass is 9.56. The Balaban J connectivity index is 2.26. The summed E-state index contributed by atoms with van der Waals surface area (Å²) < 4.78 is 0. The molecule has 1 aromatic carbocycles. The summed E-state index contributed by atoms with van der Waals surface area (Å²) in [5.74, 6) is 0.334. The van der Waals surface area contributed by atoms with Crippen molar-refractivity contribution in [2.24, 2.45) is 16.5 Å². The molecule has 3 rings (SSSR count). The van der Waals surface area contributed by atoms with Crippen LogP contribution in [0.15, 0.2) is 29.4 Å². The Bertz CT molecular complexity index is 518. The summed E-state index contributed by atoms with van der Waals surface area (Å²) >= 11 is 0. The Kier molecular flexibility index (Phi) is 2.35. The van der Waals surface area contributed by atoms with E-state index in [0.29, 0.717) is 5.92 Å². The van der Waals surface area contributed by atoms with Crippen molar-refractivity contribution in [3.8, 4) is 0 Å². The SMILES string of the molecule is CC1(C)CCCC2(C)c3ccccc3C(=NO)C12. The predicted molar refractivity (Wildman–Crippen MR) is 73.2 cm³/mol. The molecule has 0 bridgehead atoms. The van der Waals surface area contributed by atoms with Gasteiger partial charge in [0.05, 0.1) is 5.71 Å². The van der Waals surface area contributed by atoms with Gasteiger partial charge in [-0.1, -0.05) is 56.6 Å². The molecule has 18 heavy (non-hydrogen) atoms. The molecule has 2 heteroatoms. The van der Waals surface area contributed by atoms with Gasteiger partial charge in [-0.3, -0.25) is 0 Å². The first-order valence-corrected chi connectivity index (χ1v) is 6.82.